The molecular formula is C24H26F3N3O3. The molecule has 0 spiro atoms. The summed E-state index contributed by atoms with van der Waals surface area (Å²) in [6.45, 7) is 0.0164. The van der Waals surface area contributed by atoms with Crippen LogP contribution < -0.4 is 10.2 Å². The lowest BCUT2D eigenvalue weighted by Gasteiger charge is -2.33. The highest BCUT2D eigenvalue weighted by Crippen LogP contribution is 2.41. The van der Waals surface area contributed by atoms with Crippen LogP contribution in [0.4, 0.5) is 19.0 Å². The highest BCUT2D eigenvalue weighted by molar-refractivity contribution is 5.82. The van der Waals surface area contributed by atoms with E-state index in [9.17, 15) is 22.8 Å². The molecule has 1 aliphatic carbocycles. The van der Waals surface area contributed by atoms with Gasteiger partial charge < -0.3 is 15.0 Å². The zero-order valence-electron chi connectivity index (χ0n) is 18.1. The molecule has 1 N–H and O–H groups in total. The fourth-order valence-electron chi connectivity index (χ4n) is 4.27. The lowest BCUT2D eigenvalue weighted by atomic mass is 9.97. The van der Waals surface area contributed by atoms with Gasteiger partial charge in [0.2, 0.25) is 0 Å². The van der Waals surface area contributed by atoms with E-state index in [2.05, 4.69) is 10.3 Å². The van der Waals surface area contributed by atoms with Gasteiger partial charge in [0, 0.05) is 19.3 Å². The van der Waals surface area contributed by atoms with Crippen molar-refractivity contribution in [1.82, 2.24) is 10.3 Å². The van der Waals surface area contributed by atoms with Crippen LogP contribution in [0.3, 0.4) is 0 Å². The molecule has 2 aliphatic rings. The number of aromatic nitrogens is 1. The minimum absolute atomic E-state index is 0.0647. The third-order valence-electron chi connectivity index (χ3n) is 6.06. The van der Waals surface area contributed by atoms with E-state index in [0.29, 0.717) is 25.3 Å². The van der Waals surface area contributed by atoms with Crippen LogP contribution in [0.5, 0.6) is 0 Å². The third kappa shape index (κ3) is 5.83. The number of rotatable bonds is 7. The summed E-state index contributed by atoms with van der Waals surface area (Å²) >= 11 is 0. The Morgan fingerprint density at radius 3 is 2.58 bits per heavy atom. The molecule has 1 aliphatic heterocycles. The Hall–Kier alpha value is -3.10. The van der Waals surface area contributed by atoms with Crippen molar-refractivity contribution in [3.63, 3.8) is 0 Å². The van der Waals surface area contributed by atoms with Gasteiger partial charge in [-0.25, -0.2) is 4.98 Å². The molecule has 2 fully saturated rings. The normalized spacial score (nSPS) is 19.6. The van der Waals surface area contributed by atoms with Gasteiger partial charge in [-0.2, -0.15) is 13.2 Å². The molecule has 176 valence electrons. The molecule has 1 amide bonds. The summed E-state index contributed by atoms with van der Waals surface area (Å²) in [6.07, 6.45) is -0.154. The van der Waals surface area contributed by atoms with Crippen molar-refractivity contribution in [1.29, 1.82) is 0 Å². The minimum atomic E-state index is -4.54. The van der Waals surface area contributed by atoms with E-state index < -0.39 is 30.2 Å². The van der Waals surface area contributed by atoms with Crippen LogP contribution >= 0.6 is 0 Å². The lowest BCUT2D eigenvalue weighted by Crippen LogP contribution is -2.41. The van der Waals surface area contributed by atoms with Crippen molar-refractivity contribution >= 4 is 17.7 Å². The molecule has 9 heteroatoms. The van der Waals surface area contributed by atoms with Gasteiger partial charge in [-0.15, -0.1) is 0 Å². The van der Waals surface area contributed by atoms with Crippen molar-refractivity contribution in [2.45, 2.75) is 37.9 Å². The molecule has 1 aromatic heterocycles. The molecule has 0 bridgehead atoms. The second-order valence-electron chi connectivity index (χ2n) is 8.56. The Kier molecular flexibility index (Phi) is 6.85. The largest absolute Gasteiger partial charge is 0.455 e. The number of hydrogen-bond donors (Lipinski definition) is 1. The monoisotopic (exact) mass is 461 g/mol. The molecule has 4 rings (SSSR count). The Balaban J connectivity index is 1.33. The summed E-state index contributed by atoms with van der Waals surface area (Å²) < 4.78 is 45.3. The smallest absolute Gasteiger partial charge is 0.419 e. The Morgan fingerprint density at radius 2 is 1.88 bits per heavy atom. The Bertz CT molecular complexity index is 980. The van der Waals surface area contributed by atoms with Gasteiger partial charge in [0.1, 0.15) is 5.82 Å². The van der Waals surface area contributed by atoms with E-state index in [-0.39, 0.29) is 24.3 Å². The molecule has 1 aromatic carbocycles. The summed E-state index contributed by atoms with van der Waals surface area (Å²) in [6, 6.07) is 11.8. The van der Waals surface area contributed by atoms with Crippen LogP contribution in [0.1, 0.15) is 42.9 Å². The Labute approximate surface area is 190 Å². The summed E-state index contributed by atoms with van der Waals surface area (Å²) in [5.74, 6) is -1.40. The number of nitrogens with zero attached hydrogens (tertiary/aromatic N) is 2. The van der Waals surface area contributed by atoms with Crippen LogP contribution in [0.25, 0.3) is 0 Å². The fraction of sp³-hybridized carbons (Fsp3) is 0.458. The molecule has 2 unspecified atom stereocenters. The van der Waals surface area contributed by atoms with Crippen molar-refractivity contribution < 1.29 is 27.5 Å². The molecular weight excluding hydrogens is 435 g/mol. The van der Waals surface area contributed by atoms with Crippen LogP contribution in [0, 0.1) is 11.8 Å². The number of halogens is 3. The number of benzene rings is 1. The van der Waals surface area contributed by atoms with Gasteiger partial charge in [-0.3, -0.25) is 9.59 Å². The number of alkyl halides is 3. The summed E-state index contributed by atoms with van der Waals surface area (Å²) in [7, 11) is 0. The van der Waals surface area contributed by atoms with Gasteiger partial charge in [0.25, 0.3) is 5.91 Å². The maximum atomic E-state index is 13.4. The fourth-order valence-corrected chi connectivity index (χ4v) is 4.27. The first-order chi connectivity index (χ1) is 15.8. The van der Waals surface area contributed by atoms with Crippen LogP contribution in [0.2, 0.25) is 0 Å². The second-order valence-corrected chi connectivity index (χ2v) is 8.56. The van der Waals surface area contributed by atoms with Crippen molar-refractivity contribution in [2.24, 2.45) is 11.8 Å². The number of hydrogen-bond acceptors (Lipinski definition) is 5. The number of esters is 1. The first-order valence-corrected chi connectivity index (χ1v) is 11.1. The summed E-state index contributed by atoms with van der Waals surface area (Å²) in [5, 5.41) is 2.95. The first kappa shape index (κ1) is 23.1. The number of carbonyl (C=O) groups is 2. The standard InChI is InChI=1S/C24H26F3N3O3/c25-24(26,27)19-9-4-12-28-22(19)30-13-5-8-18(14-30)23(32)33-15-20(31)29-21(17-10-11-17)16-6-2-1-3-7-16/h1-4,6-7,9,12,17-18,21H,5,8,10-11,13-15H2,(H,29,31). The zero-order chi connectivity index (χ0) is 23.4. The summed E-state index contributed by atoms with van der Waals surface area (Å²) in [5.41, 5.74) is 0.184. The predicted molar refractivity (Wildman–Crippen MR) is 115 cm³/mol. The van der Waals surface area contributed by atoms with E-state index in [1.165, 1.54) is 17.2 Å². The molecule has 0 radical (unpaired) electrons. The maximum absolute atomic E-state index is 13.4. The Morgan fingerprint density at radius 1 is 1.12 bits per heavy atom. The number of amides is 1. The van der Waals surface area contributed by atoms with Crippen LogP contribution in [-0.4, -0.2) is 36.6 Å². The van der Waals surface area contributed by atoms with Gasteiger partial charge in [0.15, 0.2) is 6.61 Å². The number of pyridine rings is 1. The number of piperidine rings is 1. The molecule has 2 atom stereocenters. The topological polar surface area (TPSA) is 71.5 Å². The van der Waals surface area contributed by atoms with Gasteiger partial charge >= 0.3 is 12.1 Å². The van der Waals surface area contributed by atoms with E-state index in [0.717, 1.165) is 24.5 Å². The van der Waals surface area contributed by atoms with Gasteiger partial charge in [-0.05, 0) is 49.3 Å². The molecule has 1 saturated heterocycles. The minimum Gasteiger partial charge on any atom is -0.455 e. The zero-order valence-corrected chi connectivity index (χ0v) is 18.1. The van der Waals surface area contributed by atoms with Crippen LogP contribution in [0.15, 0.2) is 48.7 Å². The molecule has 6 nitrogen and oxygen atoms in total. The average molecular weight is 461 g/mol. The van der Waals surface area contributed by atoms with Crippen molar-refractivity contribution in [3.8, 4) is 0 Å². The highest BCUT2D eigenvalue weighted by Gasteiger charge is 2.38. The van der Waals surface area contributed by atoms with E-state index in [1.807, 2.05) is 30.3 Å². The molecule has 1 saturated carbocycles. The lowest BCUT2D eigenvalue weighted by molar-refractivity contribution is -0.153. The van der Waals surface area contributed by atoms with Gasteiger partial charge in [0.05, 0.1) is 17.5 Å². The SMILES string of the molecule is O=C(COC(=O)C1CCCN(c2ncccc2C(F)(F)F)C1)NC(c1ccccc1)C1CC1. The summed E-state index contributed by atoms with van der Waals surface area (Å²) in [4.78, 5) is 30.4. The maximum Gasteiger partial charge on any atom is 0.419 e. The average Bonchev–Trinajstić information content (AvgIpc) is 3.66. The van der Waals surface area contributed by atoms with E-state index in [4.69, 9.17) is 4.74 Å². The van der Waals surface area contributed by atoms with E-state index in [1.54, 1.807) is 0 Å². The third-order valence-corrected chi connectivity index (χ3v) is 6.06. The van der Waals surface area contributed by atoms with E-state index >= 15 is 0 Å². The predicted octanol–water partition coefficient (Wildman–Crippen LogP) is 4.13. The first-order valence-electron chi connectivity index (χ1n) is 11.1. The molecule has 2 heterocycles. The van der Waals surface area contributed by atoms with Gasteiger partial charge in [-0.1, -0.05) is 30.3 Å². The molecule has 2 aromatic rings. The number of anilines is 1. The van der Waals surface area contributed by atoms with Crippen molar-refractivity contribution in [3.05, 3.63) is 59.8 Å². The quantitative estimate of drug-likeness (QED) is 0.628. The van der Waals surface area contributed by atoms with Crippen molar-refractivity contribution in [2.75, 3.05) is 24.6 Å². The number of carbonyl (C=O) groups excluding carboxylic acids is 2. The number of ether oxygens (including phenoxy) is 1. The van der Waals surface area contributed by atoms with Crippen LogP contribution in [-0.2, 0) is 20.5 Å². The molecule has 33 heavy (non-hydrogen) atoms. The highest BCUT2D eigenvalue weighted by atomic mass is 19.4. The number of nitrogens with one attached hydrogen (secondary N) is 1. The second kappa shape index (κ2) is 9.80.